The minimum absolute atomic E-state index is 0.0256. The molecule has 1 N–H and O–H groups in total. The van der Waals surface area contributed by atoms with Gasteiger partial charge in [-0.25, -0.2) is 4.79 Å². The zero-order chi connectivity index (χ0) is 21.6. The molecular weight excluding hydrogens is 436 g/mol. The maximum atomic E-state index is 12.8. The Bertz CT molecular complexity index is 790. The third-order valence-electron chi connectivity index (χ3n) is 5.34. The minimum atomic E-state index is -0.502. The zero-order valence-corrected chi connectivity index (χ0v) is 19.6. The van der Waals surface area contributed by atoms with Crippen molar-refractivity contribution in [3.05, 3.63) is 28.2 Å². The summed E-state index contributed by atoms with van der Waals surface area (Å²) in [6.07, 6.45) is -0.289. The first kappa shape index (κ1) is 21.9. The van der Waals surface area contributed by atoms with Crippen molar-refractivity contribution in [2.45, 2.75) is 52.7 Å². The molecule has 2 atom stereocenters. The van der Waals surface area contributed by atoms with E-state index in [4.69, 9.17) is 9.47 Å². The average molecular weight is 467 g/mol. The maximum Gasteiger partial charge on any atom is 0.410 e. The van der Waals surface area contributed by atoms with Crippen molar-refractivity contribution >= 4 is 27.9 Å². The lowest BCUT2D eigenvalue weighted by molar-refractivity contribution is -0.125. The van der Waals surface area contributed by atoms with E-state index in [1.165, 1.54) is 0 Å². The van der Waals surface area contributed by atoms with E-state index in [0.29, 0.717) is 19.7 Å². The van der Waals surface area contributed by atoms with Gasteiger partial charge in [0, 0.05) is 23.5 Å². The molecule has 2 aliphatic rings. The predicted molar refractivity (Wildman–Crippen MR) is 115 cm³/mol. The molecule has 2 unspecified atom stereocenters. The van der Waals surface area contributed by atoms with Crippen LogP contribution in [0.1, 0.15) is 40.2 Å². The van der Waals surface area contributed by atoms with Gasteiger partial charge in [-0.2, -0.15) is 0 Å². The average Bonchev–Trinajstić information content (AvgIpc) is 3.06. The predicted octanol–water partition coefficient (Wildman–Crippen LogP) is 4.14. The van der Waals surface area contributed by atoms with Crippen molar-refractivity contribution in [3.8, 4) is 5.75 Å². The fraction of sp³-hybridized carbons (Fsp3) is 0.636. The molecule has 160 valence electrons. The number of piperidine rings is 1. The second kappa shape index (κ2) is 7.82. The molecule has 0 bridgehead atoms. The van der Waals surface area contributed by atoms with E-state index in [0.717, 1.165) is 15.8 Å². The Morgan fingerprint density at radius 3 is 2.34 bits per heavy atom. The molecule has 6 nitrogen and oxygen atoms in total. The van der Waals surface area contributed by atoms with E-state index < -0.39 is 11.1 Å². The fourth-order valence-corrected chi connectivity index (χ4v) is 4.35. The normalized spacial score (nSPS) is 23.4. The van der Waals surface area contributed by atoms with Crippen LogP contribution in [0, 0.1) is 24.7 Å². The molecular formula is C22H31BrN2O4. The highest BCUT2D eigenvalue weighted by Crippen LogP contribution is 2.52. The molecule has 0 aromatic heterocycles. The third-order valence-corrected chi connectivity index (χ3v) is 5.83. The molecule has 1 aromatic carbocycles. The Balaban J connectivity index is 1.47. The van der Waals surface area contributed by atoms with Crippen LogP contribution >= 0.6 is 15.9 Å². The van der Waals surface area contributed by atoms with Crippen molar-refractivity contribution in [3.63, 3.8) is 0 Å². The summed E-state index contributed by atoms with van der Waals surface area (Å²) in [6, 6.07) is 5.87. The first-order valence-corrected chi connectivity index (χ1v) is 10.8. The second-order valence-corrected chi connectivity index (χ2v) is 10.7. The quantitative estimate of drug-likeness (QED) is 0.707. The Hall–Kier alpha value is -1.76. The Morgan fingerprint density at radius 2 is 1.79 bits per heavy atom. The van der Waals surface area contributed by atoms with E-state index in [9.17, 15) is 9.59 Å². The summed E-state index contributed by atoms with van der Waals surface area (Å²) in [5.74, 6) is 1.29. The van der Waals surface area contributed by atoms with Crippen molar-refractivity contribution < 1.29 is 19.1 Å². The molecule has 2 amide bonds. The maximum absolute atomic E-state index is 12.8. The molecule has 1 saturated heterocycles. The van der Waals surface area contributed by atoms with Gasteiger partial charge >= 0.3 is 6.09 Å². The lowest BCUT2D eigenvalue weighted by atomic mass is 10.1. The van der Waals surface area contributed by atoms with E-state index in [1.807, 2.05) is 59.7 Å². The van der Waals surface area contributed by atoms with Crippen molar-refractivity contribution in [1.29, 1.82) is 0 Å². The number of likely N-dealkylation sites (tertiary alicyclic amines) is 1. The molecule has 1 aromatic rings. The van der Waals surface area contributed by atoms with Crippen LogP contribution in [0.25, 0.3) is 0 Å². The summed E-state index contributed by atoms with van der Waals surface area (Å²) in [5.41, 5.74) is 0.0522. The van der Waals surface area contributed by atoms with E-state index in [2.05, 4.69) is 21.2 Å². The number of carbonyl (C=O) groups is 2. The molecule has 3 rings (SSSR count). The summed E-state index contributed by atoms with van der Waals surface area (Å²) in [6.45, 7) is 13.1. The van der Waals surface area contributed by atoms with Crippen molar-refractivity contribution in [2.75, 3.05) is 19.7 Å². The van der Waals surface area contributed by atoms with Gasteiger partial charge in [-0.1, -0.05) is 15.9 Å². The van der Waals surface area contributed by atoms with Gasteiger partial charge in [0.05, 0.1) is 5.54 Å². The number of halogens is 1. The fourth-order valence-electron chi connectivity index (χ4n) is 3.88. The van der Waals surface area contributed by atoms with Gasteiger partial charge in [0.25, 0.3) is 0 Å². The number of ether oxygens (including phenoxy) is 2. The number of hydrogen-bond acceptors (Lipinski definition) is 4. The summed E-state index contributed by atoms with van der Waals surface area (Å²) < 4.78 is 12.4. The van der Waals surface area contributed by atoms with Gasteiger partial charge in [-0.3, -0.25) is 4.79 Å². The molecule has 0 spiro atoms. The molecule has 1 aliphatic carbocycles. The number of fused-ring (bicyclic) bond motifs is 1. The number of amides is 2. The van der Waals surface area contributed by atoms with Gasteiger partial charge in [-0.15, -0.1) is 0 Å². The van der Waals surface area contributed by atoms with Crippen LogP contribution in [0.4, 0.5) is 4.79 Å². The number of rotatable bonds is 5. The van der Waals surface area contributed by atoms with Gasteiger partial charge in [0.2, 0.25) is 5.91 Å². The number of carbonyl (C=O) groups excluding carboxylic acids is 2. The Morgan fingerprint density at radius 1 is 1.17 bits per heavy atom. The summed E-state index contributed by atoms with van der Waals surface area (Å²) in [7, 11) is 0. The number of aryl methyl sites for hydroxylation is 1. The van der Waals surface area contributed by atoms with E-state index in [-0.39, 0.29) is 29.8 Å². The number of nitrogens with one attached hydrogen (secondary N) is 1. The topological polar surface area (TPSA) is 67.9 Å². The molecule has 1 heterocycles. The van der Waals surface area contributed by atoms with E-state index in [1.54, 1.807) is 4.90 Å². The van der Waals surface area contributed by atoms with Crippen LogP contribution in [-0.4, -0.2) is 47.7 Å². The molecule has 1 aliphatic heterocycles. The largest absolute Gasteiger partial charge is 0.491 e. The van der Waals surface area contributed by atoms with E-state index >= 15 is 0 Å². The number of hydrogen-bond donors (Lipinski definition) is 1. The first-order valence-electron chi connectivity index (χ1n) is 10.1. The Kier molecular flexibility index (Phi) is 5.91. The van der Waals surface area contributed by atoms with Crippen LogP contribution in [0.2, 0.25) is 0 Å². The molecule has 1 saturated carbocycles. The highest BCUT2D eigenvalue weighted by molar-refractivity contribution is 9.10. The SMILES string of the molecule is Cc1cc(Br)ccc1OCC(C)(C)NC(=O)C1C2CN(C(=O)OC(C)(C)C)CC21. The minimum Gasteiger partial charge on any atom is -0.491 e. The first-order chi connectivity index (χ1) is 13.4. The number of benzene rings is 1. The third kappa shape index (κ3) is 5.44. The highest BCUT2D eigenvalue weighted by Gasteiger charge is 2.61. The lowest BCUT2D eigenvalue weighted by Crippen LogP contribution is -2.49. The van der Waals surface area contributed by atoms with Crippen LogP contribution in [-0.2, 0) is 9.53 Å². The number of nitrogens with zero attached hydrogens (tertiary/aromatic N) is 1. The van der Waals surface area contributed by atoms with Crippen LogP contribution in [0.5, 0.6) is 5.75 Å². The van der Waals surface area contributed by atoms with Crippen LogP contribution in [0.15, 0.2) is 22.7 Å². The monoisotopic (exact) mass is 466 g/mol. The molecule has 2 fully saturated rings. The lowest BCUT2D eigenvalue weighted by Gasteiger charge is -2.28. The smallest absolute Gasteiger partial charge is 0.410 e. The van der Waals surface area contributed by atoms with Gasteiger partial charge < -0.3 is 19.7 Å². The molecule has 29 heavy (non-hydrogen) atoms. The van der Waals surface area contributed by atoms with Crippen LogP contribution < -0.4 is 10.1 Å². The highest BCUT2D eigenvalue weighted by atomic mass is 79.9. The standard InChI is InChI=1S/C22H31BrN2O4/c1-13-9-14(23)7-8-17(13)28-12-22(5,6)24-19(26)18-15-10-25(11-16(15)18)20(27)29-21(2,3)4/h7-9,15-16,18H,10-12H2,1-6H3,(H,24,26). The van der Waals surface area contributed by atoms with Crippen molar-refractivity contribution in [1.82, 2.24) is 10.2 Å². The van der Waals surface area contributed by atoms with Crippen molar-refractivity contribution in [2.24, 2.45) is 17.8 Å². The zero-order valence-electron chi connectivity index (χ0n) is 18.0. The van der Waals surface area contributed by atoms with Gasteiger partial charge in [-0.05, 0) is 77.1 Å². The summed E-state index contributed by atoms with van der Waals surface area (Å²) in [5, 5.41) is 3.12. The summed E-state index contributed by atoms with van der Waals surface area (Å²) in [4.78, 5) is 26.7. The molecule has 0 radical (unpaired) electrons. The molecule has 7 heteroatoms. The van der Waals surface area contributed by atoms with Gasteiger partial charge in [0.1, 0.15) is 18.0 Å². The van der Waals surface area contributed by atoms with Crippen LogP contribution in [0.3, 0.4) is 0 Å². The second-order valence-electron chi connectivity index (χ2n) is 9.81. The van der Waals surface area contributed by atoms with Gasteiger partial charge in [0.15, 0.2) is 0 Å². The Labute approximate surface area is 181 Å². The summed E-state index contributed by atoms with van der Waals surface area (Å²) >= 11 is 3.45.